The molecule has 0 saturated carbocycles. The van der Waals surface area contributed by atoms with Gasteiger partial charge in [-0.2, -0.15) is 0 Å². The number of hydrogen-bond acceptors (Lipinski definition) is 4. The Morgan fingerprint density at radius 1 is 1.44 bits per heavy atom. The van der Waals surface area contributed by atoms with Crippen LogP contribution in [0, 0.1) is 5.82 Å². The van der Waals surface area contributed by atoms with Crippen LogP contribution in [-0.2, 0) is 9.53 Å². The lowest BCUT2D eigenvalue weighted by molar-refractivity contribution is -0.120. The maximum absolute atomic E-state index is 13.2. The molecule has 18 heavy (non-hydrogen) atoms. The van der Waals surface area contributed by atoms with Gasteiger partial charge in [0.1, 0.15) is 0 Å². The molecule has 0 spiro atoms. The molecule has 1 rings (SSSR count). The van der Waals surface area contributed by atoms with Gasteiger partial charge in [-0.25, -0.2) is 4.39 Å². The number of nitrogens with one attached hydrogen (secondary N) is 2. The Morgan fingerprint density at radius 3 is 2.89 bits per heavy atom. The molecule has 0 unspecified atom stereocenters. The second-order valence-corrected chi connectivity index (χ2v) is 3.38. The van der Waals surface area contributed by atoms with E-state index in [2.05, 4.69) is 15.6 Å². The molecule has 7 heteroatoms. The predicted octanol–water partition coefficient (Wildman–Crippen LogP) is -0.287. The molecule has 0 saturated heterocycles. The van der Waals surface area contributed by atoms with Crippen LogP contribution in [0.2, 0.25) is 0 Å². The molecule has 0 bridgehead atoms. The zero-order valence-corrected chi connectivity index (χ0v) is 9.90. The summed E-state index contributed by atoms with van der Waals surface area (Å²) in [4.78, 5) is 26.3. The van der Waals surface area contributed by atoms with Gasteiger partial charge in [-0.15, -0.1) is 0 Å². The normalized spacial score (nSPS) is 9.89. The second kappa shape index (κ2) is 7.33. The molecule has 0 atom stereocenters. The number of amides is 2. The maximum Gasteiger partial charge on any atom is 0.254 e. The molecule has 2 N–H and O–H groups in total. The molecule has 0 radical (unpaired) electrons. The zero-order valence-electron chi connectivity index (χ0n) is 9.90. The highest BCUT2D eigenvalue weighted by atomic mass is 19.1. The number of ether oxygens (including phenoxy) is 1. The highest BCUT2D eigenvalue weighted by Crippen LogP contribution is 2.03. The fraction of sp³-hybridized carbons (Fsp3) is 0.364. The van der Waals surface area contributed by atoms with E-state index < -0.39 is 11.7 Å². The lowest BCUT2D eigenvalue weighted by Gasteiger charge is -2.06. The largest absolute Gasteiger partial charge is 0.383 e. The average Bonchev–Trinajstić information content (AvgIpc) is 2.37. The van der Waals surface area contributed by atoms with Crippen molar-refractivity contribution in [3.63, 3.8) is 0 Å². The summed E-state index contributed by atoms with van der Waals surface area (Å²) < 4.78 is 17.9. The van der Waals surface area contributed by atoms with Gasteiger partial charge in [0.25, 0.3) is 5.91 Å². The third-order valence-electron chi connectivity index (χ3n) is 2.05. The summed E-state index contributed by atoms with van der Waals surface area (Å²) in [6, 6.07) is 1.24. The first-order chi connectivity index (χ1) is 8.65. The minimum Gasteiger partial charge on any atom is -0.383 e. The molecule has 2 amide bonds. The second-order valence-electron chi connectivity index (χ2n) is 3.38. The predicted molar refractivity (Wildman–Crippen MR) is 61.4 cm³/mol. The molecule has 6 nitrogen and oxygen atoms in total. The van der Waals surface area contributed by atoms with Gasteiger partial charge < -0.3 is 15.4 Å². The van der Waals surface area contributed by atoms with Gasteiger partial charge in [-0.05, 0) is 6.07 Å². The standard InChI is InChI=1S/C11H14FN3O3/c1-18-5-4-14-10(16)7-15-11(17)8-2-3-13-6-9(8)12/h2-3,6H,4-5,7H2,1H3,(H,14,16)(H,15,17). The highest BCUT2D eigenvalue weighted by molar-refractivity contribution is 5.96. The molecular formula is C11H14FN3O3. The quantitative estimate of drug-likeness (QED) is 0.685. The number of rotatable bonds is 6. The highest BCUT2D eigenvalue weighted by Gasteiger charge is 2.11. The van der Waals surface area contributed by atoms with Crippen LogP contribution < -0.4 is 10.6 Å². The topological polar surface area (TPSA) is 80.3 Å². The molecule has 0 aliphatic rings. The monoisotopic (exact) mass is 255 g/mol. The van der Waals surface area contributed by atoms with Gasteiger partial charge in [-0.3, -0.25) is 14.6 Å². The zero-order chi connectivity index (χ0) is 13.4. The number of pyridine rings is 1. The number of aromatic nitrogens is 1. The Bertz CT molecular complexity index is 426. The van der Waals surface area contributed by atoms with Gasteiger partial charge in [0.05, 0.1) is 24.9 Å². The van der Waals surface area contributed by atoms with Crippen molar-refractivity contribution in [1.82, 2.24) is 15.6 Å². The SMILES string of the molecule is COCCNC(=O)CNC(=O)c1ccncc1F. The summed E-state index contributed by atoms with van der Waals surface area (Å²) in [5.74, 6) is -1.75. The molecule has 1 aromatic heterocycles. The third-order valence-corrected chi connectivity index (χ3v) is 2.05. The van der Waals surface area contributed by atoms with Crippen molar-refractivity contribution in [2.75, 3.05) is 26.8 Å². The first-order valence-corrected chi connectivity index (χ1v) is 5.28. The van der Waals surface area contributed by atoms with Gasteiger partial charge in [0, 0.05) is 19.9 Å². The van der Waals surface area contributed by atoms with Crippen LogP contribution in [-0.4, -0.2) is 43.6 Å². The Kier molecular flexibility index (Phi) is 5.72. The van der Waals surface area contributed by atoms with Crippen LogP contribution in [0.4, 0.5) is 4.39 Å². The summed E-state index contributed by atoms with van der Waals surface area (Å²) >= 11 is 0. The van der Waals surface area contributed by atoms with Gasteiger partial charge in [0.15, 0.2) is 5.82 Å². The number of hydrogen-bond donors (Lipinski definition) is 2. The summed E-state index contributed by atoms with van der Waals surface area (Å²) in [5, 5.41) is 4.83. The Morgan fingerprint density at radius 2 is 2.22 bits per heavy atom. The fourth-order valence-electron chi connectivity index (χ4n) is 1.17. The van der Waals surface area contributed by atoms with Crippen LogP contribution in [0.3, 0.4) is 0 Å². The van der Waals surface area contributed by atoms with Crippen LogP contribution in [0.25, 0.3) is 0 Å². The minimum atomic E-state index is -0.727. The molecule has 0 aliphatic heterocycles. The average molecular weight is 255 g/mol. The Labute approximate surface area is 104 Å². The first kappa shape index (κ1) is 14.0. The number of carbonyl (C=O) groups excluding carboxylic acids is 2. The first-order valence-electron chi connectivity index (χ1n) is 5.28. The maximum atomic E-state index is 13.2. The van der Waals surface area contributed by atoms with E-state index in [1.807, 2.05) is 0 Å². The van der Waals surface area contributed by atoms with Crippen molar-refractivity contribution in [3.05, 3.63) is 29.8 Å². The lowest BCUT2D eigenvalue weighted by Crippen LogP contribution is -2.38. The lowest BCUT2D eigenvalue weighted by atomic mass is 10.2. The van der Waals surface area contributed by atoms with Crippen molar-refractivity contribution >= 4 is 11.8 Å². The van der Waals surface area contributed by atoms with Crippen molar-refractivity contribution in [1.29, 1.82) is 0 Å². The molecule has 1 aromatic rings. The van der Waals surface area contributed by atoms with E-state index in [1.54, 1.807) is 0 Å². The van der Waals surface area contributed by atoms with E-state index in [4.69, 9.17) is 4.74 Å². The number of nitrogens with zero attached hydrogens (tertiary/aromatic N) is 1. The number of methoxy groups -OCH3 is 1. The molecule has 98 valence electrons. The van der Waals surface area contributed by atoms with Crippen LogP contribution in [0.1, 0.15) is 10.4 Å². The fourth-order valence-corrected chi connectivity index (χ4v) is 1.17. The molecular weight excluding hydrogens is 241 g/mol. The van der Waals surface area contributed by atoms with Crippen LogP contribution in [0.15, 0.2) is 18.5 Å². The van der Waals surface area contributed by atoms with E-state index in [-0.39, 0.29) is 18.0 Å². The summed E-state index contributed by atoms with van der Waals surface area (Å²) in [6.07, 6.45) is 2.24. The minimum absolute atomic E-state index is 0.144. The van der Waals surface area contributed by atoms with Gasteiger partial charge >= 0.3 is 0 Å². The summed E-state index contributed by atoms with van der Waals surface area (Å²) in [7, 11) is 1.51. The van der Waals surface area contributed by atoms with Crippen LogP contribution >= 0.6 is 0 Å². The number of halogens is 1. The van der Waals surface area contributed by atoms with E-state index >= 15 is 0 Å². The van der Waals surface area contributed by atoms with E-state index in [9.17, 15) is 14.0 Å². The van der Waals surface area contributed by atoms with Gasteiger partial charge in [0.2, 0.25) is 5.91 Å². The molecule has 1 heterocycles. The summed E-state index contributed by atoms with van der Waals surface area (Å²) in [5.41, 5.74) is -0.144. The molecule has 0 fully saturated rings. The van der Waals surface area contributed by atoms with E-state index in [1.165, 1.54) is 19.4 Å². The third kappa shape index (κ3) is 4.46. The van der Waals surface area contributed by atoms with Crippen molar-refractivity contribution < 1.29 is 18.7 Å². The van der Waals surface area contributed by atoms with Crippen LogP contribution in [0.5, 0.6) is 0 Å². The van der Waals surface area contributed by atoms with E-state index in [0.29, 0.717) is 13.2 Å². The number of carbonyl (C=O) groups is 2. The Balaban J connectivity index is 2.38. The molecule has 0 aromatic carbocycles. The smallest absolute Gasteiger partial charge is 0.254 e. The van der Waals surface area contributed by atoms with Crippen molar-refractivity contribution in [3.8, 4) is 0 Å². The van der Waals surface area contributed by atoms with Gasteiger partial charge in [-0.1, -0.05) is 0 Å². The molecule has 0 aliphatic carbocycles. The van der Waals surface area contributed by atoms with Crippen molar-refractivity contribution in [2.45, 2.75) is 0 Å². The summed E-state index contributed by atoms with van der Waals surface area (Å²) in [6.45, 7) is 0.526. The van der Waals surface area contributed by atoms with E-state index in [0.717, 1.165) is 6.20 Å². The Hall–Kier alpha value is -2.02. The van der Waals surface area contributed by atoms with Crippen molar-refractivity contribution in [2.24, 2.45) is 0 Å².